The van der Waals surface area contributed by atoms with Crippen molar-refractivity contribution in [3.8, 4) is 0 Å². The fourth-order valence-electron chi connectivity index (χ4n) is 2.47. The van der Waals surface area contributed by atoms with Gasteiger partial charge in [-0.25, -0.2) is 4.79 Å². The molecule has 0 radical (unpaired) electrons. The van der Waals surface area contributed by atoms with E-state index in [9.17, 15) is 9.59 Å². The van der Waals surface area contributed by atoms with Gasteiger partial charge in [-0.05, 0) is 12.5 Å². The smallest absolute Gasteiger partial charge is 0.335 e. The Morgan fingerprint density at radius 2 is 2.00 bits per heavy atom. The third-order valence-corrected chi connectivity index (χ3v) is 3.23. The summed E-state index contributed by atoms with van der Waals surface area (Å²) in [6.45, 7) is 0.563. The van der Waals surface area contributed by atoms with E-state index in [0.29, 0.717) is 24.1 Å². The van der Waals surface area contributed by atoms with Crippen LogP contribution in [0.15, 0.2) is 29.8 Å². The second kappa shape index (κ2) is 3.45. The monoisotopic (exact) mass is 229 g/mol. The molecule has 86 valence electrons. The van der Waals surface area contributed by atoms with Gasteiger partial charge in [-0.15, -0.1) is 0 Å². The molecule has 1 aromatic carbocycles. The van der Waals surface area contributed by atoms with Crippen molar-refractivity contribution >= 4 is 17.6 Å². The normalized spacial score (nSPS) is 17.2. The molecule has 0 N–H and O–H groups in total. The second-order valence-electron chi connectivity index (χ2n) is 4.07. The maximum absolute atomic E-state index is 12.1. The average molecular weight is 229 g/mol. The van der Waals surface area contributed by atoms with Crippen molar-refractivity contribution in [1.82, 2.24) is 4.90 Å². The van der Waals surface area contributed by atoms with Crippen molar-refractivity contribution in [2.45, 2.75) is 6.42 Å². The Bertz CT molecular complexity index is 560. The number of amides is 1. The predicted molar refractivity (Wildman–Crippen MR) is 61.0 cm³/mol. The summed E-state index contributed by atoms with van der Waals surface area (Å²) in [5.74, 6) is -0.360. The summed E-state index contributed by atoms with van der Waals surface area (Å²) in [7, 11) is 1.36. The maximum Gasteiger partial charge on any atom is 0.335 e. The van der Waals surface area contributed by atoms with Crippen molar-refractivity contribution in [1.29, 1.82) is 0 Å². The zero-order valence-corrected chi connectivity index (χ0v) is 9.40. The van der Waals surface area contributed by atoms with E-state index in [1.807, 2.05) is 18.2 Å². The van der Waals surface area contributed by atoms with Crippen LogP contribution in [0.1, 0.15) is 22.3 Å². The Kier molecular flexibility index (Phi) is 2.04. The number of rotatable bonds is 1. The third-order valence-electron chi connectivity index (χ3n) is 3.23. The van der Waals surface area contributed by atoms with Crippen LogP contribution in [0.4, 0.5) is 0 Å². The molecule has 2 aliphatic heterocycles. The number of methoxy groups -OCH3 is 1. The summed E-state index contributed by atoms with van der Waals surface area (Å²) in [6.07, 6.45) is 0.572. The van der Waals surface area contributed by atoms with Gasteiger partial charge >= 0.3 is 5.97 Å². The van der Waals surface area contributed by atoms with Gasteiger partial charge in [0.05, 0.1) is 18.4 Å². The molecule has 0 fully saturated rings. The molecule has 0 spiro atoms. The fourth-order valence-corrected chi connectivity index (χ4v) is 2.47. The molecule has 0 aliphatic carbocycles. The lowest BCUT2D eigenvalue weighted by molar-refractivity contribution is -0.136. The van der Waals surface area contributed by atoms with E-state index in [0.717, 1.165) is 11.3 Å². The van der Waals surface area contributed by atoms with Gasteiger partial charge < -0.3 is 9.64 Å². The average Bonchev–Trinajstić information content (AvgIpc) is 2.90. The minimum atomic E-state index is -0.341. The fraction of sp³-hybridized carbons (Fsp3) is 0.231. The van der Waals surface area contributed by atoms with Crippen LogP contribution >= 0.6 is 0 Å². The molecule has 4 heteroatoms. The first kappa shape index (κ1) is 10.1. The highest BCUT2D eigenvalue weighted by Crippen LogP contribution is 2.40. The lowest BCUT2D eigenvalue weighted by Gasteiger charge is -2.10. The summed E-state index contributed by atoms with van der Waals surface area (Å²) < 4.78 is 4.76. The number of fused-ring (bicyclic) bond motifs is 3. The topological polar surface area (TPSA) is 46.6 Å². The van der Waals surface area contributed by atoms with E-state index < -0.39 is 0 Å². The molecule has 17 heavy (non-hydrogen) atoms. The first-order chi connectivity index (χ1) is 8.24. The standard InChI is InChI=1S/C13H11NO3/c1-17-13(16)10-6-7-14-11(10)8-4-2-3-5-9(8)12(14)15/h2-5H,6-7H2,1H3. The van der Waals surface area contributed by atoms with E-state index in [2.05, 4.69) is 0 Å². The number of hydrogen-bond acceptors (Lipinski definition) is 3. The highest BCUT2D eigenvalue weighted by atomic mass is 16.5. The van der Waals surface area contributed by atoms with Crippen molar-refractivity contribution < 1.29 is 14.3 Å². The van der Waals surface area contributed by atoms with Gasteiger partial charge in [0.15, 0.2) is 0 Å². The van der Waals surface area contributed by atoms with E-state index in [1.54, 1.807) is 11.0 Å². The van der Waals surface area contributed by atoms with Gasteiger partial charge in [-0.3, -0.25) is 4.79 Å². The molecule has 0 aromatic heterocycles. The first-order valence-electron chi connectivity index (χ1n) is 5.46. The summed E-state index contributed by atoms with van der Waals surface area (Å²) in [4.78, 5) is 25.4. The van der Waals surface area contributed by atoms with E-state index in [4.69, 9.17) is 4.74 Å². The van der Waals surface area contributed by atoms with Crippen LogP contribution in [-0.4, -0.2) is 30.4 Å². The Balaban J connectivity index is 2.22. The third kappa shape index (κ3) is 1.24. The largest absolute Gasteiger partial charge is 0.466 e. The van der Waals surface area contributed by atoms with Gasteiger partial charge in [0.2, 0.25) is 0 Å². The molecule has 0 unspecified atom stereocenters. The van der Waals surface area contributed by atoms with E-state index in [-0.39, 0.29) is 11.9 Å². The molecule has 0 bridgehead atoms. The molecule has 0 atom stereocenters. The summed E-state index contributed by atoms with van der Waals surface area (Å²) in [5, 5.41) is 0. The quantitative estimate of drug-likeness (QED) is 0.684. The number of nitrogens with zero attached hydrogens (tertiary/aromatic N) is 1. The highest BCUT2D eigenvalue weighted by Gasteiger charge is 2.39. The Morgan fingerprint density at radius 1 is 1.29 bits per heavy atom. The highest BCUT2D eigenvalue weighted by molar-refractivity contribution is 6.14. The van der Waals surface area contributed by atoms with Crippen LogP contribution in [0.25, 0.3) is 5.70 Å². The van der Waals surface area contributed by atoms with E-state index >= 15 is 0 Å². The van der Waals surface area contributed by atoms with Gasteiger partial charge in [-0.2, -0.15) is 0 Å². The minimum Gasteiger partial charge on any atom is -0.466 e. The zero-order valence-electron chi connectivity index (χ0n) is 9.40. The Morgan fingerprint density at radius 3 is 2.71 bits per heavy atom. The van der Waals surface area contributed by atoms with Crippen molar-refractivity contribution in [2.75, 3.05) is 13.7 Å². The molecule has 0 saturated carbocycles. The van der Waals surface area contributed by atoms with Crippen LogP contribution in [0.2, 0.25) is 0 Å². The lowest BCUT2D eigenvalue weighted by Crippen LogP contribution is -2.20. The molecule has 0 saturated heterocycles. The Labute approximate surface area is 98.5 Å². The summed E-state index contributed by atoms with van der Waals surface area (Å²) >= 11 is 0. The summed E-state index contributed by atoms with van der Waals surface area (Å²) in [5.41, 5.74) is 2.85. The SMILES string of the molecule is COC(=O)C1=C2c3ccccc3C(=O)N2CC1. The van der Waals surface area contributed by atoms with Crippen LogP contribution in [0.3, 0.4) is 0 Å². The zero-order chi connectivity index (χ0) is 12.0. The molecule has 1 aromatic rings. The van der Waals surface area contributed by atoms with Crippen LogP contribution in [-0.2, 0) is 9.53 Å². The number of carbonyl (C=O) groups is 2. The van der Waals surface area contributed by atoms with Crippen molar-refractivity contribution in [2.24, 2.45) is 0 Å². The number of ether oxygens (including phenoxy) is 1. The number of hydrogen-bond donors (Lipinski definition) is 0. The number of carbonyl (C=O) groups excluding carboxylic acids is 2. The predicted octanol–water partition coefficient (Wildman–Crippen LogP) is 1.43. The molecular weight excluding hydrogens is 218 g/mol. The first-order valence-corrected chi connectivity index (χ1v) is 5.46. The lowest BCUT2D eigenvalue weighted by atomic mass is 10.0. The van der Waals surface area contributed by atoms with Gasteiger partial charge in [0.25, 0.3) is 5.91 Å². The van der Waals surface area contributed by atoms with Crippen molar-refractivity contribution in [3.63, 3.8) is 0 Å². The molecular formula is C13H11NO3. The Hall–Kier alpha value is -2.10. The van der Waals surface area contributed by atoms with Gasteiger partial charge in [0, 0.05) is 17.7 Å². The minimum absolute atomic E-state index is 0.0190. The van der Waals surface area contributed by atoms with Crippen LogP contribution < -0.4 is 0 Å². The van der Waals surface area contributed by atoms with Crippen LogP contribution in [0.5, 0.6) is 0 Å². The molecule has 2 aliphatic rings. The molecule has 4 nitrogen and oxygen atoms in total. The molecule has 1 amide bonds. The second-order valence-corrected chi connectivity index (χ2v) is 4.07. The number of benzene rings is 1. The van der Waals surface area contributed by atoms with Crippen LogP contribution in [0, 0.1) is 0 Å². The molecule has 3 rings (SSSR count). The molecule has 2 heterocycles. The maximum atomic E-state index is 12.1. The number of esters is 1. The van der Waals surface area contributed by atoms with Gasteiger partial charge in [0.1, 0.15) is 0 Å². The van der Waals surface area contributed by atoms with Gasteiger partial charge in [-0.1, -0.05) is 18.2 Å². The summed E-state index contributed by atoms with van der Waals surface area (Å²) in [6, 6.07) is 7.36. The van der Waals surface area contributed by atoms with Crippen molar-refractivity contribution in [3.05, 3.63) is 41.0 Å². The van der Waals surface area contributed by atoms with E-state index in [1.165, 1.54) is 7.11 Å².